The Bertz CT molecular complexity index is 558. The van der Waals surface area contributed by atoms with Crippen molar-refractivity contribution in [3.05, 3.63) is 12.4 Å². The van der Waals surface area contributed by atoms with Crippen molar-refractivity contribution in [1.29, 1.82) is 0 Å². The summed E-state index contributed by atoms with van der Waals surface area (Å²) >= 11 is 0. The molecule has 1 unspecified atom stereocenters. The van der Waals surface area contributed by atoms with E-state index in [1.807, 2.05) is 14.0 Å². The first-order valence-corrected chi connectivity index (χ1v) is 8.73. The van der Waals surface area contributed by atoms with Crippen molar-refractivity contribution in [3.63, 3.8) is 0 Å². The molecule has 0 bridgehead atoms. The van der Waals surface area contributed by atoms with E-state index < -0.39 is 10.0 Å². The summed E-state index contributed by atoms with van der Waals surface area (Å²) in [5.41, 5.74) is 0. The number of aliphatic hydroxyl groups excluding tert-OH is 1. The van der Waals surface area contributed by atoms with Crippen LogP contribution in [0, 0.1) is 0 Å². The molecule has 1 atom stereocenters. The van der Waals surface area contributed by atoms with Crippen molar-refractivity contribution in [3.8, 4) is 0 Å². The van der Waals surface area contributed by atoms with Gasteiger partial charge in [-0.25, -0.2) is 8.42 Å². The van der Waals surface area contributed by atoms with Crippen molar-refractivity contribution in [2.75, 3.05) is 33.3 Å². The second kappa shape index (κ2) is 6.87. The van der Waals surface area contributed by atoms with Crippen LogP contribution in [-0.2, 0) is 16.6 Å². The van der Waals surface area contributed by atoms with Gasteiger partial charge in [-0.2, -0.15) is 9.40 Å². The normalized spacial score (nSPS) is 22.3. The minimum atomic E-state index is -3.50. The highest BCUT2D eigenvalue weighted by Crippen LogP contribution is 2.20. The molecule has 2 heterocycles. The number of aliphatic hydroxyl groups is 1. The third-order valence-corrected chi connectivity index (χ3v) is 5.71. The van der Waals surface area contributed by atoms with Gasteiger partial charge in [0.05, 0.1) is 6.20 Å². The highest BCUT2D eigenvalue weighted by atomic mass is 32.2. The molecular formula is C13H24N4O3S. The van der Waals surface area contributed by atoms with E-state index in [9.17, 15) is 8.42 Å². The molecular weight excluding hydrogens is 292 g/mol. The van der Waals surface area contributed by atoms with Crippen LogP contribution in [-0.4, -0.2) is 71.8 Å². The van der Waals surface area contributed by atoms with E-state index in [1.165, 1.54) is 6.20 Å². The van der Waals surface area contributed by atoms with E-state index in [1.54, 1.807) is 15.2 Å². The molecule has 0 spiro atoms. The minimum absolute atomic E-state index is 0.0525. The molecule has 0 aromatic carbocycles. The van der Waals surface area contributed by atoms with Crippen LogP contribution in [0.25, 0.3) is 0 Å². The zero-order chi connectivity index (χ0) is 15.5. The molecule has 1 aromatic rings. The summed E-state index contributed by atoms with van der Waals surface area (Å²) in [4.78, 5) is 2.39. The lowest BCUT2D eigenvalue weighted by Crippen LogP contribution is -2.41. The van der Waals surface area contributed by atoms with Crippen molar-refractivity contribution in [2.24, 2.45) is 0 Å². The molecule has 1 aromatic heterocycles. The van der Waals surface area contributed by atoms with Gasteiger partial charge in [0.1, 0.15) is 4.90 Å². The van der Waals surface area contributed by atoms with Crippen LogP contribution in [0.1, 0.15) is 19.8 Å². The molecule has 1 N–H and O–H groups in total. The van der Waals surface area contributed by atoms with Gasteiger partial charge >= 0.3 is 0 Å². The molecule has 1 aliphatic heterocycles. The van der Waals surface area contributed by atoms with Crippen molar-refractivity contribution in [2.45, 2.75) is 37.2 Å². The fourth-order valence-corrected chi connectivity index (χ4v) is 4.29. The summed E-state index contributed by atoms with van der Waals surface area (Å²) in [6, 6.07) is -0.0525. The largest absolute Gasteiger partial charge is 0.396 e. The van der Waals surface area contributed by atoms with E-state index >= 15 is 0 Å². The molecule has 1 aliphatic rings. The lowest BCUT2D eigenvalue weighted by atomic mass is 10.3. The van der Waals surface area contributed by atoms with E-state index in [0.29, 0.717) is 19.5 Å². The zero-order valence-electron chi connectivity index (χ0n) is 12.6. The summed E-state index contributed by atoms with van der Waals surface area (Å²) in [5.74, 6) is 0. The van der Waals surface area contributed by atoms with Gasteiger partial charge in [0.15, 0.2) is 0 Å². The summed E-state index contributed by atoms with van der Waals surface area (Å²) in [6.07, 6.45) is 4.34. The van der Waals surface area contributed by atoms with E-state index in [2.05, 4.69) is 10.00 Å². The lowest BCUT2D eigenvalue weighted by Gasteiger charge is -2.26. The average Bonchev–Trinajstić information content (AvgIpc) is 2.83. The summed E-state index contributed by atoms with van der Waals surface area (Å²) < 4.78 is 28.6. The Labute approximate surface area is 126 Å². The standard InChI is InChI=1S/C13H24N4O3S/c1-12-10-15(2)5-3-7-17(12)21(19,20)13-9-14-16(11-13)6-4-8-18/h9,11-12,18H,3-8,10H2,1-2H3. The molecule has 2 rings (SSSR count). The monoisotopic (exact) mass is 316 g/mol. The van der Waals surface area contributed by atoms with Crippen LogP contribution in [0.2, 0.25) is 0 Å². The minimum Gasteiger partial charge on any atom is -0.396 e. The number of aromatic nitrogens is 2. The zero-order valence-corrected chi connectivity index (χ0v) is 13.5. The molecule has 21 heavy (non-hydrogen) atoms. The third-order valence-electron chi connectivity index (χ3n) is 3.75. The van der Waals surface area contributed by atoms with Crippen LogP contribution in [0.15, 0.2) is 17.3 Å². The first-order valence-electron chi connectivity index (χ1n) is 7.29. The number of likely N-dealkylation sites (N-methyl/N-ethyl adjacent to an activating group) is 1. The maximum absolute atomic E-state index is 12.7. The Morgan fingerprint density at radius 3 is 2.90 bits per heavy atom. The number of nitrogens with zero attached hydrogens (tertiary/aromatic N) is 4. The van der Waals surface area contributed by atoms with Crippen LogP contribution in [0.5, 0.6) is 0 Å². The predicted octanol–water partition coefficient (Wildman–Crippen LogP) is -0.0198. The maximum atomic E-state index is 12.7. The summed E-state index contributed by atoms with van der Waals surface area (Å²) in [7, 11) is -1.49. The van der Waals surface area contributed by atoms with Crippen molar-refractivity contribution in [1.82, 2.24) is 19.0 Å². The summed E-state index contributed by atoms with van der Waals surface area (Å²) in [5, 5.41) is 12.9. The quantitative estimate of drug-likeness (QED) is 0.826. The number of sulfonamides is 1. The average molecular weight is 316 g/mol. The Morgan fingerprint density at radius 1 is 1.43 bits per heavy atom. The van der Waals surface area contributed by atoms with Crippen LogP contribution < -0.4 is 0 Å². The number of hydrogen-bond donors (Lipinski definition) is 1. The first-order chi connectivity index (χ1) is 9.95. The number of aryl methyl sites for hydroxylation is 1. The van der Waals surface area contributed by atoms with E-state index in [0.717, 1.165) is 19.5 Å². The Morgan fingerprint density at radius 2 is 2.19 bits per heavy atom. The second-order valence-electron chi connectivity index (χ2n) is 5.60. The Hall–Kier alpha value is -0.960. The maximum Gasteiger partial charge on any atom is 0.246 e. The molecule has 120 valence electrons. The fourth-order valence-electron chi connectivity index (χ4n) is 2.68. The van der Waals surface area contributed by atoms with Gasteiger partial charge < -0.3 is 10.0 Å². The van der Waals surface area contributed by atoms with E-state index in [-0.39, 0.29) is 17.5 Å². The molecule has 7 nitrogen and oxygen atoms in total. The molecule has 0 saturated carbocycles. The van der Waals surface area contributed by atoms with Crippen molar-refractivity contribution < 1.29 is 13.5 Å². The lowest BCUT2D eigenvalue weighted by molar-refractivity contribution is 0.277. The molecule has 0 aliphatic carbocycles. The van der Waals surface area contributed by atoms with Gasteiger partial charge in [-0.3, -0.25) is 4.68 Å². The fraction of sp³-hybridized carbons (Fsp3) is 0.769. The molecule has 0 amide bonds. The van der Waals surface area contributed by atoms with Gasteiger partial charge in [-0.1, -0.05) is 0 Å². The smallest absolute Gasteiger partial charge is 0.246 e. The van der Waals surface area contributed by atoms with Crippen molar-refractivity contribution >= 4 is 10.0 Å². The summed E-state index contributed by atoms with van der Waals surface area (Å²) in [6.45, 7) is 4.71. The van der Waals surface area contributed by atoms with Crippen LogP contribution in [0.3, 0.4) is 0 Å². The van der Waals surface area contributed by atoms with Gasteiger partial charge in [-0.05, 0) is 33.4 Å². The number of rotatable bonds is 5. The second-order valence-corrected chi connectivity index (χ2v) is 7.49. The molecule has 1 fully saturated rings. The first kappa shape index (κ1) is 16.4. The highest BCUT2D eigenvalue weighted by Gasteiger charge is 2.32. The third kappa shape index (κ3) is 3.82. The highest BCUT2D eigenvalue weighted by molar-refractivity contribution is 7.89. The van der Waals surface area contributed by atoms with Crippen LogP contribution in [0.4, 0.5) is 0 Å². The van der Waals surface area contributed by atoms with Crippen LogP contribution >= 0.6 is 0 Å². The topological polar surface area (TPSA) is 78.7 Å². The molecule has 0 radical (unpaired) electrons. The van der Waals surface area contributed by atoms with E-state index in [4.69, 9.17) is 5.11 Å². The van der Waals surface area contributed by atoms with Gasteiger partial charge in [0.25, 0.3) is 0 Å². The Kier molecular flexibility index (Phi) is 5.37. The predicted molar refractivity (Wildman–Crippen MR) is 79.4 cm³/mol. The SMILES string of the molecule is CC1CN(C)CCCN1S(=O)(=O)c1cnn(CCCO)c1. The van der Waals surface area contributed by atoms with Gasteiger partial charge in [0, 0.05) is 38.5 Å². The number of hydrogen-bond acceptors (Lipinski definition) is 5. The Balaban J connectivity index is 2.18. The molecule has 8 heteroatoms. The van der Waals surface area contributed by atoms with Gasteiger partial charge in [-0.15, -0.1) is 0 Å². The molecule has 1 saturated heterocycles. The van der Waals surface area contributed by atoms with Gasteiger partial charge in [0.2, 0.25) is 10.0 Å².